The number of likely N-dealkylation sites (N-methyl/N-ethyl adjacent to an activating group) is 1. The number of aryl methyl sites for hydroxylation is 1. The molecule has 23 heavy (non-hydrogen) atoms. The Bertz CT molecular complexity index is 686. The molecule has 5 heteroatoms. The lowest BCUT2D eigenvalue weighted by atomic mass is 10.2. The van der Waals surface area contributed by atoms with E-state index in [1.165, 1.54) is 0 Å². The van der Waals surface area contributed by atoms with Gasteiger partial charge >= 0.3 is 0 Å². The van der Waals surface area contributed by atoms with E-state index < -0.39 is 0 Å². The number of benzene rings is 2. The molecule has 2 rings (SSSR count). The first-order valence-electron chi connectivity index (χ1n) is 7.33. The first kappa shape index (κ1) is 16.7. The fourth-order valence-corrected chi connectivity index (χ4v) is 2.35. The van der Waals surface area contributed by atoms with Crippen LogP contribution in [0, 0.1) is 6.92 Å². The molecule has 0 spiro atoms. The van der Waals surface area contributed by atoms with Crippen LogP contribution in [0.4, 0.5) is 11.4 Å². The largest absolute Gasteiger partial charge is 0.495 e. The number of para-hydroxylation sites is 2. The van der Waals surface area contributed by atoms with Gasteiger partial charge in [-0.3, -0.25) is 4.79 Å². The molecule has 1 amide bonds. The van der Waals surface area contributed by atoms with E-state index in [0.29, 0.717) is 11.4 Å². The van der Waals surface area contributed by atoms with Crippen LogP contribution >= 0.6 is 0 Å². The number of rotatable bonds is 6. The van der Waals surface area contributed by atoms with Gasteiger partial charge in [0.1, 0.15) is 11.5 Å². The smallest absolute Gasteiger partial charge is 0.243 e. The van der Waals surface area contributed by atoms with Gasteiger partial charge in [-0.15, -0.1) is 0 Å². The summed E-state index contributed by atoms with van der Waals surface area (Å²) in [5.74, 6) is 1.25. The number of ether oxygens (including phenoxy) is 2. The first-order chi connectivity index (χ1) is 11.0. The van der Waals surface area contributed by atoms with Gasteiger partial charge in [0.2, 0.25) is 5.91 Å². The molecule has 0 bridgehead atoms. The molecule has 0 saturated carbocycles. The molecule has 0 heterocycles. The zero-order chi connectivity index (χ0) is 16.8. The molecule has 0 aliphatic rings. The molecule has 2 aromatic rings. The van der Waals surface area contributed by atoms with Crippen molar-refractivity contribution in [1.82, 2.24) is 0 Å². The van der Waals surface area contributed by atoms with Crippen molar-refractivity contribution in [3.05, 3.63) is 48.0 Å². The minimum Gasteiger partial charge on any atom is -0.495 e. The standard InChI is InChI=1S/C18H22N2O3/c1-13-9-10-16(22-3)14(11-13)19-18(21)12-20(2)15-7-5-6-8-17(15)23-4/h5-11H,12H2,1-4H3,(H,19,21). The van der Waals surface area contributed by atoms with Crippen molar-refractivity contribution in [3.63, 3.8) is 0 Å². The van der Waals surface area contributed by atoms with Gasteiger partial charge in [0.25, 0.3) is 0 Å². The number of carbonyl (C=O) groups excluding carboxylic acids is 1. The highest BCUT2D eigenvalue weighted by Crippen LogP contribution is 2.27. The van der Waals surface area contributed by atoms with Gasteiger partial charge in [-0.1, -0.05) is 18.2 Å². The van der Waals surface area contributed by atoms with Crippen molar-refractivity contribution in [2.24, 2.45) is 0 Å². The summed E-state index contributed by atoms with van der Waals surface area (Å²) in [5, 5.41) is 2.89. The zero-order valence-corrected chi connectivity index (χ0v) is 13.9. The summed E-state index contributed by atoms with van der Waals surface area (Å²) >= 11 is 0. The second-order valence-electron chi connectivity index (χ2n) is 5.28. The molecular weight excluding hydrogens is 292 g/mol. The number of hydrogen-bond donors (Lipinski definition) is 1. The Morgan fingerprint density at radius 3 is 2.48 bits per heavy atom. The fourth-order valence-electron chi connectivity index (χ4n) is 2.35. The number of nitrogens with zero attached hydrogens (tertiary/aromatic N) is 1. The first-order valence-corrected chi connectivity index (χ1v) is 7.33. The maximum absolute atomic E-state index is 12.3. The summed E-state index contributed by atoms with van der Waals surface area (Å²) in [6, 6.07) is 13.3. The molecule has 0 atom stereocenters. The highest BCUT2D eigenvalue weighted by molar-refractivity contribution is 5.95. The van der Waals surface area contributed by atoms with E-state index in [-0.39, 0.29) is 12.5 Å². The van der Waals surface area contributed by atoms with Crippen LogP contribution < -0.4 is 19.7 Å². The summed E-state index contributed by atoms with van der Waals surface area (Å²) in [7, 11) is 5.05. The summed E-state index contributed by atoms with van der Waals surface area (Å²) < 4.78 is 10.6. The van der Waals surface area contributed by atoms with E-state index in [1.807, 2.05) is 61.3 Å². The molecular formula is C18H22N2O3. The molecule has 0 unspecified atom stereocenters. The average Bonchev–Trinajstić information content (AvgIpc) is 2.54. The molecule has 5 nitrogen and oxygen atoms in total. The van der Waals surface area contributed by atoms with Crippen LogP contribution in [-0.4, -0.2) is 33.7 Å². The normalized spacial score (nSPS) is 10.1. The van der Waals surface area contributed by atoms with Crippen LogP contribution in [-0.2, 0) is 4.79 Å². The number of nitrogens with one attached hydrogen (secondary N) is 1. The lowest BCUT2D eigenvalue weighted by Gasteiger charge is -2.21. The van der Waals surface area contributed by atoms with Crippen molar-refractivity contribution in [2.45, 2.75) is 6.92 Å². The molecule has 0 aliphatic heterocycles. The molecule has 2 aromatic carbocycles. The molecule has 0 aliphatic carbocycles. The van der Waals surface area contributed by atoms with Crippen LogP contribution in [0.3, 0.4) is 0 Å². The summed E-state index contributed by atoms with van der Waals surface area (Å²) in [4.78, 5) is 14.2. The maximum Gasteiger partial charge on any atom is 0.243 e. The van der Waals surface area contributed by atoms with Gasteiger partial charge in [-0.2, -0.15) is 0 Å². The minimum absolute atomic E-state index is 0.123. The number of methoxy groups -OCH3 is 2. The van der Waals surface area contributed by atoms with Gasteiger partial charge < -0.3 is 19.7 Å². The molecule has 1 N–H and O–H groups in total. The SMILES string of the molecule is COc1ccc(C)cc1NC(=O)CN(C)c1ccccc1OC. The number of hydrogen-bond acceptors (Lipinski definition) is 4. The second-order valence-corrected chi connectivity index (χ2v) is 5.28. The second kappa shape index (κ2) is 7.54. The van der Waals surface area contributed by atoms with Gasteiger partial charge in [0.05, 0.1) is 32.1 Å². The Morgan fingerprint density at radius 1 is 1.09 bits per heavy atom. The van der Waals surface area contributed by atoms with E-state index in [0.717, 1.165) is 17.0 Å². The fraction of sp³-hybridized carbons (Fsp3) is 0.278. The third kappa shape index (κ3) is 4.16. The monoisotopic (exact) mass is 314 g/mol. The van der Waals surface area contributed by atoms with Crippen LogP contribution in [0.15, 0.2) is 42.5 Å². The van der Waals surface area contributed by atoms with Crippen LogP contribution in [0.25, 0.3) is 0 Å². The Balaban J connectivity index is 2.09. The van der Waals surface area contributed by atoms with Crippen molar-refractivity contribution < 1.29 is 14.3 Å². The Kier molecular flexibility index (Phi) is 5.46. The Morgan fingerprint density at radius 2 is 1.78 bits per heavy atom. The molecule has 0 saturated heterocycles. The van der Waals surface area contributed by atoms with E-state index in [2.05, 4.69) is 5.32 Å². The van der Waals surface area contributed by atoms with E-state index in [1.54, 1.807) is 14.2 Å². The van der Waals surface area contributed by atoms with Crippen molar-refractivity contribution >= 4 is 17.3 Å². The molecule has 122 valence electrons. The molecule has 0 radical (unpaired) electrons. The maximum atomic E-state index is 12.3. The molecule has 0 aromatic heterocycles. The quantitative estimate of drug-likeness (QED) is 0.890. The van der Waals surface area contributed by atoms with Gasteiger partial charge in [-0.05, 0) is 36.8 Å². The van der Waals surface area contributed by atoms with Crippen LogP contribution in [0.5, 0.6) is 11.5 Å². The zero-order valence-electron chi connectivity index (χ0n) is 13.9. The topological polar surface area (TPSA) is 50.8 Å². The number of amides is 1. The van der Waals surface area contributed by atoms with Gasteiger partial charge in [0, 0.05) is 7.05 Å². The van der Waals surface area contributed by atoms with Crippen LogP contribution in [0.2, 0.25) is 0 Å². The lowest BCUT2D eigenvalue weighted by Crippen LogP contribution is -2.30. The summed E-state index contributed by atoms with van der Waals surface area (Å²) in [5.41, 5.74) is 2.59. The minimum atomic E-state index is -0.123. The van der Waals surface area contributed by atoms with Crippen molar-refractivity contribution in [1.29, 1.82) is 0 Å². The summed E-state index contributed by atoms with van der Waals surface area (Å²) in [6.45, 7) is 2.17. The predicted octanol–water partition coefficient (Wildman–Crippen LogP) is 3.09. The van der Waals surface area contributed by atoms with Crippen molar-refractivity contribution in [3.8, 4) is 11.5 Å². The highest BCUT2D eigenvalue weighted by atomic mass is 16.5. The predicted molar refractivity (Wildman–Crippen MR) is 92.6 cm³/mol. The molecule has 0 fully saturated rings. The van der Waals surface area contributed by atoms with E-state index in [4.69, 9.17) is 9.47 Å². The highest BCUT2D eigenvalue weighted by Gasteiger charge is 2.13. The van der Waals surface area contributed by atoms with E-state index >= 15 is 0 Å². The Hall–Kier alpha value is -2.69. The third-order valence-electron chi connectivity index (χ3n) is 3.51. The lowest BCUT2D eigenvalue weighted by molar-refractivity contribution is -0.114. The van der Waals surface area contributed by atoms with Gasteiger partial charge in [-0.25, -0.2) is 0 Å². The average molecular weight is 314 g/mol. The van der Waals surface area contributed by atoms with Crippen LogP contribution in [0.1, 0.15) is 5.56 Å². The number of anilines is 2. The van der Waals surface area contributed by atoms with Crippen molar-refractivity contribution in [2.75, 3.05) is 38.0 Å². The summed E-state index contributed by atoms with van der Waals surface area (Å²) in [6.07, 6.45) is 0. The van der Waals surface area contributed by atoms with E-state index in [9.17, 15) is 4.79 Å². The van der Waals surface area contributed by atoms with Gasteiger partial charge in [0.15, 0.2) is 0 Å². The third-order valence-corrected chi connectivity index (χ3v) is 3.51. The Labute approximate surface area is 136 Å². The number of carbonyl (C=O) groups is 1.